The number of fused-ring (bicyclic) bond motifs is 1. The number of hydrogen-bond acceptors (Lipinski definition) is 2. The molecule has 0 aliphatic rings. The Kier molecular flexibility index (Phi) is 3.41. The van der Waals surface area contributed by atoms with E-state index < -0.39 is 29.0 Å². The number of H-pyrrole nitrogens is 1. The Bertz CT molecular complexity index is 625. The van der Waals surface area contributed by atoms with Gasteiger partial charge in [0.15, 0.2) is 0 Å². The van der Waals surface area contributed by atoms with Crippen molar-refractivity contribution in [2.75, 3.05) is 7.05 Å². The molecule has 0 amide bonds. The number of rotatable bonds is 2. The van der Waals surface area contributed by atoms with Crippen molar-refractivity contribution in [3.8, 4) is 0 Å². The smallest absolute Gasteiger partial charge is 0.341 e. The molecule has 0 aliphatic heterocycles. The molecular weight excluding hydrogens is 288 g/mol. The van der Waals surface area contributed by atoms with E-state index in [0.717, 1.165) is 0 Å². The first kappa shape index (κ1) is 14.6. The van der Waals surface area contributed by atoms with Crippen molar-refractivity contribution in [1.29, 1.82) is 0 Å². The second-order valence-corrected chi connectivity index (χ2v) is 4.13. The Labute approximate surface area is 109 Å². The number of nitrogens with zero attached hydrogens (tertiary/aromatic N) is 1. The number of imidazole rings is 1. The molecular formula is C11H9F6N3. The maximum atomic E-state index is 12.8. The van der Waals surface area contributed by atoms with Crippen molar-refractivity contribution in [2.24, 2.45) is 0 Å². The van der Waals surface area contributed by atoms with Crippen LogP contribution >= 0.6 is 0 Å². The molecule has 0 saturated carbocycles. The van der Waals surface area contributed by atoms with Crippen LogP contribution in [0.1, 0.15) is 17.0 Å². The summed E-state index contributed by atoms with van der Waals surface area (Å²) in [4.78, 5) is 6.13. The predicted octanol–water partition coefficient (Wildman–Crippen LogP) is 3.32. The van der Waals surface area contributed by atoms with Gasteiger partial charge in [-0.05, 0) is 19.2 Å². The lowest BCUT2D eigenvalue weighted by Crippen LogP contribution is -2.11. The van der Waals surface area contributed by atoms with Gasteiger partial charge in [0, 0.05) is 0 Å². The zero-order chi connectivity index (χ0) is 15.1. The zero-order valence-electron chi connectivity index (χ0n) is 10.1. The lowest BCUT2D eigenvalue weighted by molar-refractivity contribution is -0.142. The van der Waals surface area contributed by atoms with E-state index in [0.29, 0.717) is 6.07 Å². The van der Waals surface area contributed by atoms with Crippen molar-refractivity contribution >= 4 is 11.0 Å². The fourth-order valence-electron chi connectivity index (χ4n) is 1.80. The molecule has 20 heavy (non-hydrogen) atoms. The molecule has 1 heterocycles. The van der Waals surface area contributed by atoms with Gasteiger partial charge in [-0.3, -0.25) is 0 Å². The van der Waals surface area contributed by atoms with Crippen LogP contribution < -0.4 is 5.32 Å². The summed E-state index contributed by atoms with van der Waals surface area (Å²) < 4.78 is 76.4. The van der Waals surface area contributed by atoms with Crippen LogP contribution in [0.3, 0.4) is 0 Å². The molecule has 0 bridgehead atoms. The van der Waals surface area contributed by atoms with Gasteiger partial charge in [0.05, 0.1) is 23.2 Å². The van der Waals surface area contributed by atoms with E-state index in [1.54, 1.807) is 7.05 Å². The minimum absolute atomic E-state index is 0.0757. The van der Waals surface area contributed by atoms with E-state index in [9.17, 15) is 26.3 Å². The van der Waals surface area contributed by atoms with Gasteiger partial charge >= 0.3 is 12.4 Å². The summed E-state index contributed by atoms with van der Waals surface area (Å²) in [5, 5.41) is 2.65. The zero-order valence-corrected chi connectivity index (χ0v) is 10.1. The van der Waals surface area contributed by atoms with Crippen LogP contribution in [-0.2, 0) is 18.9 Å². The van der Waals surface area contributed by atoms with Crippen molar-refractivity contribution in [3.05, 3.63) is 29.1 Å². The van der Waals surface area contributed by atoms with E-state index in [2.05, 4.69) is 15.3 Å². The second-order valence-electron chi connectivity index (χ2n) is 4.13. The molecule has 1 aromatic heterocycles. The van der Waals surface area contributed by atoms with Gasteiger partial charge in [-0.15, -0.1) is 0 Å². The molecule has 0 aliphatic carbocycles. The number of aromatic amines is 1. The first-order valence-electron chi connectivity index (χ1n) is 5.44. The number of aromatic nitrogens is 2. The quantitative estimate of drug-likeness (QED) is 0.835. The highest BCUT2D eigenvalue weighted by Crippen LogP contribution is 2.39. The molecule has 9 heteroatoms. The highest BCUT2D eigenvalue weighted by Gasteiger charge is 2.39. The minimum atomic E-state index is -4.91. The first-order chi connectivity index (χ1) is 9.13. The summed E-state index contributed by atoms with van der Waals surface area (Å²) in [6, 6.07) is 0.697. The van der Waals surface area contributed by atoms with E-state index in [1.807, 2.05) is 0 Å². The van der Waals surface area contributed by atoms with Crippen molar-refractivity contribution in [3.63, 3.8) is 0 Å². The van der Waals surface area contributed by atoms with Crippen LogP contribution in [0.4, 0.5) is 26.3 Å². The van der Waals surface area contributed by atoms with Gasteiger partial charge in [-0.1, -0.05) is 0 Å². The van der Waals surface area contributed by atoms with Gasteiger partial charge in [-0.2, -0.15) is 26.3 Å². The minimum Gasteiger partial charge on any atom is -0.341 e. The van der Waals surface area contributed by atoms with E-state index in [1.165, 1.54) is 0 Å². The van der Waals surface area contributed by atoms with E-state index in [-0.39, 0.29) is 24.0 Å². The van der Waals surface area contributed by atoms with Gasteiger partial charge in [0.1, 0.15) is 11.3 Å². The first-order valence-corrected chi connectivity index (χ1v) is 5.44. The van der Waals surface area contributed by atoms with E-state index >= 15 is 0 Å². The molecule has 1 aromatic carbocycles. The monoisotopic (exact) mass is 297 g/mol. The summed E-state index contributed by atoms with van der Waals surface area (Å²) in [6.45, 7) is 0.118. The van der Waals surface area contributed by atoms with Crippen LogP contribution in [0.2, 0.25) is 0 Å². The maximum Gasteiger partial charge on any atom is 0.418 e. The average Bonchev–Trinajstić information content (AvgIpc) is 2.67. The predicted molar refractivity (Wildman–Crippen MR) is 58.9 cm³/mol. The summed E-state index contributed by atoms with van der Waals surface area (Å²) in [6.07, 6.45) is -9.77. The molecule has 3 nitrogen and oxygen atoms in total. The molecule has 110 valence electrons. The van der Waals surface area contributed by atoms with Crippen LogP contribution in [-0.4, -0.2) is 17.0 Å². The highest BCUT2D eigenvalue weighted by atomic mass is 19.4. The highest BCUT2D eigenvalue weighted by molar-refractivity contribution is 5.80. The summed E-state index contributed by atoms with van der Waals surface area (Å²) in [5.74, 6) is 0.132. The third-order valence-corrected chi connectivity index (χ3v) is 2.61. The number of benzene rings is 1. The molecule has 0 saturated heterocycles. The molecule has 0 spiro atoms. The van der Waals surface area contributed by atoms with Crippen LogP contribution in [0.5, 0.6) is 0 Å². The van der Waals surface area contributed by atoms with Crippen molar-refractivity contribution < 1.29 is 26.3 Å². The van der Waals surface area contributed by atoms with Crippen molar-refractivity contribution in [1.82, 2.24) is 15.3 Å². The van der Waals surface area contributed by atoms with Gasteiger partial charge in [0.2, 0.25) is 0 Å². The van der Waals surface area contributed by atoms with Crippen LogP contribution in [0.25, 0.3) is 11.0 Å². The lowest BCUT2D eigenvalue weighted by atomic mass is 10.1. The Morgan fingerprint density at radius 3 is 2.25 bits per heavy atom. The second kappa shape index (κ2) is 4.65. The largest absolute Gasteiger partial charge is 0.418 e. The molecule has 0 fully saturated rings. The Hall–Kier alpha value is -1.77. The number of nitrogens with one attached hydrogen (secondary N) is 2. The Morgan fingerprint density at radius 2 is 1.75 bits per heavy atom. The maximum absolute atomic E-state index is 12.8. The third-order valence-electron chi connectivity index (χ3n) is 2.61. The van der Waals surface area contributed by atoms with E-state index in [4.69, 9.17) is 0 Å². The van der Waals surface area contributed by atoms with Crippen LogP contribution in [0.15, 0.2) is 12.1 Å². The molecule has 0 unspecified atom stereocenters. The van der Waals surface area contributed by atoms with Gasteiger partial charge in [0.25, 0.3) is 0 Å². The third kappa shape index (κ3) is 2.72. The topological polar surface area (TPSA) is 40.7 Å². The SMILES string of the molecule is CNCc1nc2c(C(F)(F)F)cc(C(F)(F)F)cc2[nH]1. The molecule has 2 N–H and O–H groups in total. The molecule has 2 aromatic rings. The molecule has 0 radical (unpaired) electrons. The fourth-order valence-corrected chi connectivity index (χ4v) is 1.80. The number of hydrogen-bond donors (Lipinski definition) is 2. The standard InChI is InChI=1S/C11H9F6N3/c1-18-4-8-19-7-3-5(10(12,13)14)2-6(9(7)20-8)11(15,16)17/h2-3,18H,4H2,1H3,(H,19,20). The fraction of sp³-hybridized carbons (Fsp3) is 0.364. The molecule has 2 rings (SSSR count). The van der Waals surface area contributed by atoms with Crippen molar-refractivity contribution in [2.45, 2.75) is 18.9 Å². The average molecular weight is 297 g/mol. The Morgan fingerprint density at radius 1 is 1.10 bits per heavy atom. The lowest BCUT2D eigenvalue weighted by Gasteiger charge is -2.11. The normalized spacial score (nSPS) is 13.2. The van der Waals surface area contributed by atoms with Gasteiger partial charge < -0.3 is 10.3 Å². The van der Waals surface area contributed by atoms with Gasteiger partial charge in [-0.25, -0.2) is 4.98 Å². The summed E-state index contributed by atoms with van der Waals surface area (Å²) in [5.41, 5.74) is -3.58. The van der Waals surface area contributed by atoms with Crippen LogP contribution in [0, 0.1) is 0 Å². The number of alkyl halides is 6. The summed E-state index contributed by atoms with van der Waals surface area (Å²) in [7, 11) is 1.54. The summed E-state index contributed by atoms with van der Waals surface area (Å²) >= 11 is 0. The number of halogens is 6. The Balaban J connectivity index is 2.72. The molecule has 0 atom stereocenters.